The van der Waals surface area contributed by atoms with E-state index in [4.69, 9.17) is 11.6 Å². The molecule has 140 valence electrons. The van der Waals surface area contributed by atoms with Gasteiger partial charge in [0, 0.05) is 11.1 Å². The van der Waals surface area contributed by atoms with Crippen molar-refractivity contribution < 1.29 is 27.0 Å². The van der Waals surface area contributed by atoms with E-state index in [1.165, 1.54) is 48.5 Å². The molecule has 7 nitrogen and oxygen atoms in total. The third-order valence-corrected chi connectivity index (χ3v) is 7.87. The van der Waals surface area contributed by atoms with Crippen LogP contribution in [0.1, 0.15) is 0 Å². The van der Waals surface area contributed by atoms with E-state index < -0.39 is 43.5 Å². The Kier molecular flexibility index (Phi) is 4.91. The Morgan fingerprint density at radius 2 is 1.73 bits per heavy atom. The molecule has 26 heavy (non-hydrogen) atoms. The Morgan fingerprint density at radius 1 is 1.08 bits per heavy atom. The number of hydrogen-bond donors (Lipinski definition) is 2. The maximum absolute atomic E-state index is 13.2. The van der Waals surface area contributed by atoms with Gasteiger partial charge in [-0.25, -0.2) is 16.8 Å². The quantitative estimate of drug-likeness (QED) is 0.777. The molecule has 1 fully saturated rings. The van der Waals surface area contributed by atoms with Gasteiger partial charge in [0.2, 0.25) is 0 Å². The Hall–Kier alpha value is -1.81. The first-order valence-electron chi connectivity index (χ1n) is 7.58. The summed E-state index contributed by atoms with van der Waals surface area (Å²) in [5.74, 6) is -1.23. The Morgan fingerprint density at radius 3 is 2.27 bits per heavy atom. The van der Waals surface area contributed by atoms with Crippen molar-refractivity contribution in [2.24, 2.45) is 0 Å². The molecule has 0 radical (unpaired) electrons. The largest absolute Gasteiger partial charge is 0.508 e. The molecule has 2 aromatic rings. The van der Waals surface area contributed by atoms with Crippen LogP contribution in [-0.4, -0.2) is 50.7 Å². The molecule has 10 heteroatoms. The zero-order chi connectivity index (χ0) is 19.1. The zero-order valence-corrected chi connectivity index (χ0v) is 15.7. The van der Waals surface area contributed by atoms with Crippen LogP contribution in [0.3, 0.4) is 0 Å². The fourth-order valence-corrected chi connectivity index (χ4v) is 6.55. The van der Waals surface area contributed by atoms with Crippen LogP contribution in [0.4, 0.5) is 5.69 Å². The minimum atomic E-state index is -4.22. The van der Waals surface area contributed by atoms with Gasteiger partial charge in [0.1, 0.15) is 5.75 Å². The summed E-state index contributed by atoms with van der Waals surface area (Å²) in [6, 6.07) is 9.60. The van der Waals surface area contributed by atoms with E-state index in [9.17, 15) is 27.0 Å². The van der Waals surface area contributed by atoms with Crippen molar-refractivity contribution in [1.82, 2.24) is 0 Å². The van der Waals surface area contributed by atoms with Crippen molar-refractivity contribution >= 4 is 37.1 Å². The predicted molar refractivity (Wildman–Crippen MR) is 97.7 cm³/mol. The number of anilines is 1. The summed E-state index contributed by atoms with van der Waals surface area (Å²) in [5, 5.41) is 20.3. The topological polar surface area (TPSA) is 112 Å². The molecular weight excluding hydrogens is 402 g/mol. The molecule has 0 aliphatic carbocycles. The summed E-state index contributed by atoms with van der Waals surface area (Å²) in [4.78, 5) is -0.109. The van der Waals surface area contributed by atoms with Crippen LogP contribution in [-0.2, 0) is 19.9 Å². The first-order chi connectivity index (χ1) is 12.1. The summed E-state index contributed by atoms with van der Waals surface area (Å²) < 4.78 is 51.1. The fraction of sp³-hybridized carbons (Fsp3) is 0.250. The average molecular weight is 418 g/mol. The number of aliphatic hydroxyl groups is 1. The van der Waals surface area contributed by atoms with Crippen LogP contribution >= 0.6 is 11.6 Å². The van der Waals surface area contributed by atoms with Crippen LogP contribution in [0.15, 0.2) is 53.4 Å². The standard InChI is InChI=1S/C16H16ClNO6S2/c17-11-4-6-14(7-5-11)26(23,24)18(12-2-1-3-13(19)8-12)15-9-25(21,22)10-16(15)20/h1-8,15-16,19-20H,9-10H2/t15-,16-/m0/s1. The monoisotopic (exact) mass is 417 g/mol. The van der Waals surface area contributed by atoms with E-state index in [0.717, 1.165) is 4.31 Å². The van der Waals surface area contributed by atoms with Gasteiger partial charge in [-0.15, -0.1) is 0 Å². The third kappa shape index (κ3) is 3.66. The second-order valence-corrected chi connectivity index (χ2v) is 10.4. The number of benzene rings is 2. The molecule has 0 saturated carbocycles. The van der Waals surface area contributed by atoms with E-state index in [1.54, 1.807) is 0 Å². The first kappa shape index (κ1) is 19.0. The molecular formula is C16H16ClNO6S2. The number of hydrogen-bond acceptors (Lipinski definition) is 6. The van der Waals surface area contributed by atoms with Gasteiger partial charge in [-0.3, -0.25) is 4.31 Å². The van der Waals surface area contributed by atoms with Gasteiger partial charge < -0.3 is 10.2 Å². The lowest BCUT2D eigenvalue weighted by Crippen LogP contribution is -2.47. The van der Waals surface area contributed by atoms with E-state index in [1.807, 2.05) is 0 Å². The molecule has 2 atom stereocenters. The van der Waals surface area contributed by atoms with Crippen molar-refractivity contribution in [3.05, 3.63) is 53.6 Å². The highest BCUT2D eigenvalue weighted by Crippen LogP contribution is 2.33. The van der Waals surface area contributed by atoms with Gasteiger partial charge in [0.25, 0.3) is 10.0 Å². The average Bonchev–Trinajstić information content (AvgIpc) is 2.80. The number of phenols is 1. The maximum Gasteiger partial charge on any atom is 0.264 e. The van der Waals surface area contributed by atoms with E-state index in [0.29, 0.717) is 5.02 Å². The third-order valence-electron chi connectivity index (χ3n) is 4.05. The predicted octanol–water partition coefficient (Wildman–Crippen LogP) is 1.40. The highest BCUT2D eigenvalue weighted by Gasteiger charge is 2.45. The van der Waals surface area contributed by atoms with Crippen molar-refractivity contribution in [3.63, 3.8) is 0 Å². The summed E-state index contributed by atoms with van der Waals surface area (Å²) in [6.45, 7) is 0. The lowest BCUT2D eigenvalue weighted by atomic mass is 10.2. The molecule has 2 N–H and O–H groups in total. The molecule has 0 unspecified atom stereocenters. The van der Waals surface area contributed by atoms with Crippen LogP contribution in [0.5, 0.6) is 5.75 Å². The Balaban J connectivity index is 2.16. The SMILES string of the molecule is O=S1(=O)C[C@H](O)[C@@H](N(c2cccc(O)c2)S(=O)(=O)c2ccc(Cl)cc2)C1. The van der Waals surface area contributed by atoms with E-state index in [2.05, 4.69) is 0 Å². The summed E-state index contributed by atoms with van der Waals surface area (Å²) >= 11 is 5.81. The summed E-state index contributed by atoms with van der Waals surface area (Å²) in [5.41, 5.74) is 0.0566. The number of aliphatic hydroxyl groups excluding tert-OH is 1. The summed E-state index contributed by atoms with van der Waals surface area (Å²) in [7, 11) is -7.81. The summed E-state index contributed by atoms with van der Waals surface area (Å²) in [6.07, 6.45) is -1.38. The minimum Gasteiger partial charge on any atom is -0.508 e. The molecule has 0 amide bonds. The molecule has 1 aliphatic rings. The maximum atomic E-state index is 13.2. The fourth-order valence-electron chi connectivity index (χ4n) is 2.89. The van der Waals surface area contributed by atoms with E-state index in [-0.39, 0.29) is 16.3 Å². The molecule has 0 spiro atoms. The van der Waals surface area contributed by atoms with Gasteiger partial charge >= 0.3 is 0 Å². The highest BCUT2D eigenvalue weighted by molar-refractivity contribution is 7.93. The number of sulfonamides is 1. The van der Waals surface area contributed by atoms with Crippen molar-refractivity contribution in [3.8, 4) is 5.75 Å². The van der Waals surface area contributed by atoms with E-state index >= 15 is 0 Å². The minimum absolute atomic E-state index is 0.0566. The van der Waals surface area contributed by atoms with Crippen LogP contribution in [0.2, 0.25) is 5.02 Å². The van der Waals surface area contributed by atoms with Crippen molar-refractivity contribution in [1.29, 1.82) is 0 Å². The lowest BCUT2D eigenvalue weighted by Gasteiger charge is -2.31. The zero-order valence-electron chi connectivity index (χ0n) is 13.4. The van der Waals surface area contributed by atoms with Crippen molar-refractivity contribution in [2.75, 3.05) is 15.8 Å². The number of rotatable bonds is 4. The highest BCUT2D eigenvalue weighted by atomic mass is 35.5. The molecule has 0 bridgehead atoms. The van der Waals surface area contributed by atoms with Crippen molar-refractivity contribution in [2.45, 2.75) is 17.0 Å². The first-order valence-corrected chi connectivity index (χ1v) is 11.2. The van der Waals surface area contributed by atoms with Crippen LogP contribution < -0.4 is 4.31 Å². The number of nitrogens with zero attached hydrogens (tertiary/aromatic N) is 1. The Labute approximate surface area is 156 Å². The molecule has 1 saturated heterocycles. The number of halogens is 1. The van der Waals surface area contributed by atoms with Gasteiger partial charge in [-0.2, -0.15) is 0 Å². The molecule has 1 heterocycles. The smallest absolute Gasteiger partial charge is 0.264 e. The molecule has 1 aliphatic heterocycles. The second-order valence-electron chi connectivity index (χ2n) is 5.99. The van der Waals surface area contributed by atoms with Crippen LogP contribution in [0.25, 0.3) is 0 Å². The van der Waals surface area contributed by atoms with Gasteiger partial charge in [-0.1, -0.05) is 17.7 Å². The number of sulfone groups is 1. The molecule has 0 aromatic heterocycles. The van der Waals surface area contributed by atoms with Crippen LogP contribution in [0, 0.1) is 0 Å². The lowest BCUT2D eigenvalue weighted by molar-refractivity contribution is 0.184. The Bertz CT molecular complexity index is 1020. The molecule has 3 rings (SSSR count). The van der Waals surface area contributed by atoms with Gasteiger partial charge in [0.15, 0.2) is 9.84 Å². The normalized spacial score (nSPS) is 22.2. The van der Waals surface area contributed by atoms with Gasteiger partial charge in [-0.05, 0) is 36.4 Å². The second kappa shape index (κ2) is 6.73. The number of aromatic hydroxyl groups is 1. The molecule has 2 aromatic carbocycles. The van der Waals surface area contributed by atoms with Gasteiger partial charge in [0.05, 0.1) is 34.2 Å². The number of phenolic OH excluding ortho intramolecular Hbond substituents is 1.